The number of hydrogen-bond acceptors (Lipinski definition) is 7. The van der Waals surface area contributed by atoms with Crippen molar-refractivity contribution in [3.05, 3.63) is 76.3 Å². The predicted molar refractivity (Wildman–Crippen MR) is 152 cm³/mol. The zero-order valence-electron chi connectivity index (χ0n) is 22.4. The largest absolute Gasteiger partial charge is 0.493 e. The van der Waals surface area contributed by atoms with Crippen LogP contribution in [0, 0.1) is 0 Å². The van der Waals surface area contributed by atoms with Crippen molar-refractivity contribution in [1.29, 1.82) is 0 Å². The number of hydrogen-bond donors (Lipinski definition) is 2. The van der Waals surface area contributed by atoms with Crippen molar-refractivity contribution in [2.24, 2.45) is 5.73 Å². The van der Waals surface area contributed by atoms with Crippen LogP contribution in [0.25, 0.3) is 0 Å². The summed E-state index contributed by atoms with van der Waals surface area (Å²) < 4.78 is 21.5. The molecule has 0 atom stereocenters. The van der Waals surface area contributed by atoms with Crippen LogP contribution in [0.3, 0.4) is 0 Å². The Morgan fingerprint density at radius 3 is 2.40 bits per heavy atom. The van der Waals surface area contributed by atoms with E-state index in [4.69, 9.17) is 36.3 Å². The van der Waals surface area contributed by atoms with E-state index in [1.807, 2.05) is 4.90 Å². The molecule has 0 saturated heterocycles. The molecule has 10 heteroatoms. The van der Waals surface area contributed by atoms with Crippen molar-refractivity contribution >= 4 is 29.1 Å². The molecule has 5 rings (SSSR count). The van der Waals surface area contributed by atoms with Gasteiger partial charge >= 0.3 is 0 Å². The van der Waals surface area contributed by atoms with Crippen LogP contribution < -0.4 is 30.0 Å². The number of halogens is 1. The number of benzene rings is 3. The summed E-state index contributed by atoms with van der Waals surface area (Å²) in [5.74, 6) is 1.71. The highest BCUT2D eigenvalue weighted by molar-refractivity contribution is 6.31. The van der Waals surface area contributed by atoms with Gasteiger partial charge in [-0.2, -0.15) is 0 Å². The lowest BCUT2D eigenvalue weighted by Gasteiger charge is -2.36. The Bertz CT molecular complexity index is 1410. The summed E-state index contributed by atoms with van der Waals surface area (Å²) in [5, 5.41) is 3.42. The lowest BCUT2D eigenvalue weighted by molar-refractivity contribution is 0.0606. The third-order valence-electron chi connectivity index (χ3n) is 7.35. The van der Waals surface area contributed by atoms with Gasteiger partial charge in [0.05, 0.1) is 14.2 Å². The summed E-state index contributed by atoms with van der Waals surface area (Å²) in [6, 6.07) is 15.5. The van der Waals surface area contributed by atoms with Gasteiger partial charge in [-0.15, -0.1) is 0 Å². The highest BCUT2D eigenvalue weighted by Crippen LogP contribution is 2.34. The molecule has 0 spiro atoms. The summed E-state index contributed by atoms with van der Waals surface area (Å²) >= 11 is 6.62. The second-order valence-corrected chi connectivity index (χ2v) is 10.3. The highest BCUT2D eigenvalue weighted by Gasteiger charge is 2.30. The zero-order chi connectivity index (χ0) is 28.2. The van der Waals surface area contributed by atoms with E-state index in [1.165, 1.54) is 7.11 Å². The van der Waals surface area contributed by atoms with Crippen LogP contribution in [0.2, 0.25) is 5.02 Å². The van der Waals surface area contributed by atoms with Crippen molar-refractivity contribution in [1.82, 2.24) is 4.90 Å². The molecule has 3 aromatic rings. The van der Waals surface area contributed by atoms with Crippen LogP contribution in [-0.2, 0) is 6.54 Å². The van der Waals surface area contributed by atoms with Gasteiger partial charge in [0.1, 0.15) is 0 Å². The average molecular weight is 566 g/mol. The number of nitrogens with two attached hydrogens (primary N) is 1. The Balaban J connectivity index is 1.39. The zero-order valence-corrected chi connectivity index (χ0v) is 23.2. The average Bonchev–Trinajstić information content (AvgIpc) is 3.45. The van der Waals surface area contributed by atoms with Crippen LogP contribution in [-0.4, -0.2) is 49.8 Å². The fourth-order valence-electron chi connectivity index (χ4n) is 5.11. The highest BCUT2D eigenvalue weighted by atomic mass is 35.5. The van der Waals surface area contributed by atoms with Gasteiger partial charge in [-0.1, -0.05) is 11.6 Å². The SMILES string of the molecule is COc1ccc(C(=O)N(Cc2cc(NC(=O)c3ccc4c(c3)OCO4)ccc2Cl)C2CCC(N)CC2)cc1OC. The van der Waals surface area contributed by atoms with Gasteiger partial charge in [-0.25, -0.2) is 0 Å². The van der Waals surface area contributed by atoms with Crippen LogP contribution >= 0.6 is 11.6 Å². The molecule has 2 aliphatic rings. The minimum absolute atomic E-state index is 0.0108. The number of nitrogens with zero attached hydrogens (tertiary/aromatic N) is 1. The molecule has 0 bridgehead atoms. The molecule has 3 aromatic carbocycles. The van der Waals surface area contributed by atoms with Gasteiger partial charge in [0.2, 0.25) is 6.79 Å². The molecular formula is C30H32ClN3O6. The summed E-state index contributed by atoms with van der Waals surface area (Å²) in [5.41, 5.74) is 8.36. The van der Waals surface area contributed by atoms with Gasteiger partial charge < -0.3 is 34.9 Å². The monoisotopic (exact) mass is 565 g/mol. The number of anilines is 1. The second-order valence-electron chi connectivity index (χ2n) is 9.90. The molecule has 9 nitrogen and oxygen atoms in total. The van der Waals surface area contributed by atoms with Crippen molar-refractivity contribution < 1.29 is 28.5 Å². The van der Waals surface area contributed by atoms with E-state index in [0.29, 0.717) is 50.4 Å². The number of rotatable bonds is 8. The maximum absolute atomic E-state index is 13.9. The molecule has 0 aromatic heterocycles. The lowest BCUT2D eigenvalue weighted by Crippen LogP contribution is -2.44. The predicted octanol–water partition coefficient (Wildman–Crippen LogP) is 5.25. The summed E-state index contributed by atoms with van der Waals surface area (Å²) in [4.78, 5) is 28.7. The smallest absolute Gasteiger partial charge is 0.255 e. The Hall–Kier alpha value is -3.95. The minimum atomic E-state index is -0.300. The molecule has 1 aliphatic carbocycles. The Labute approximate surface area is 238 Å². The van der Waals surface area contributed by atoms with E-state index in [0.717, 1.165) is 25.7 Å². The van der Waals surface area contributed by atoms with E-state index in [2.05, 4.69) is 5.32 Å². The van der Waals surface area contributed by atoms with E-state index in [1.54, 1.807) is 61.7 Å². The molecule has 210 valence electrons. The lowest BCUT2D eigenvalue weighted by atomic mass is 9.90. The third kappa shape index (κ3) is 5.95. The number of carbonyl (C=O) groups is 2. The molecule has 1 saturated carbocycles. The molecule has 1 heterocycles. The van der Waals surface area contributed by atoms with Gasteiger partial charge in [0.25, 0.3) is 11.8 Å². The topological polar surface area (TPSA) is 112 Å². The number of carbonyl (C=O) groups excluding carboxylic acids is 2. The van der Waals surface area contributed by atoms with E-state index >= 15 is 0 Å². The van der Waals surface area contributed by atoms with Crippen LogP contribution in [0.15, 0.2) is 54.6 Å². The van der Waals surface area contributed by atoms with E-state index < -0.39 is 0 Å². The van der Waals surface area contributed by atoms with Crippen LogP contribution in [0.1, 0.15) is 52.0 Å². The minimum Gasteiger partial charge on any atom is -0.493 e. The number of amides is 2. The molecule has 40 heavy (non-hydrogen) atoms. The van der Waals surface area contributed by atoms with Gasteiger partial charge in [-0.3, -0.25) is 9.59 Å². The number of fused-ring (bicyclic) bond motifs is 1. The van der Waals surface area contributed by atoms with Gasteiger partial charge in [0.15, 0.2) is 23.0 Å². The first-order valence-electron chi connectivity index (χ1n) is 13.1. The van der Waals surface area contributed by atoms with Gasteiger partial charge in [-0.05, 0) is 85.8 Å². The number of ether oxygens (including phenoxy) is 4. The first-order chi connectivity index (χ1) is 19.4. The van der Waals surface area contributed by atoms with E-state index in [9.17, 15) is 9.59 Å². The summed E-state index contributed by atoms with van der Waals surface area (Å²) in [6.07, 6.45) is 3.25. The van der Waals surface area contributed by atoms with Crippen LogP contribution in [0.5, 0.6) is 23.0 Å². The third-order valence-corrected chi connectivity index (χ3v) is 7.72. The molecule has 1 aliphatic heterocycles. The summed E-state index contributed by atoms with van der Waals surface area (Å²) in [6.45, 7) is 0.395. The fraction of sp³-hybridized carbons (Fsp3) is 0.333. The van der Waals surface area contributed by atoms with Crippen molar-refractivity contribution in [3.8, 4) is 23.0 Å². The normalized spacial score (nSPS) is 17.7. The maximum atomic E-state index is 13.9. The number of methoxy groups -OCH3 is 2. The molecule has 2 amide bonds. The molecule has 0 unspecified atom stereocenters. The van der Waals surface area contributed by atoms with E-state index in [-0.39, 0.29) is 37.2 Å². The molecule has 3 N–H and O–H groups in total. The first kappa shape index (κ1) is 27.6. The Morgan fingerprint density at radius 2 is 1.65 bits per heavy atom. The number of nitrogens with one attached hydrogen (secondary N) is 1. The molecular weight excluding hydrogens is 534 g/mol. The first-order valence-corrected chi connectivity index (χ1v) is 13.5. The van der Waals surface area contributed by atoms with Crippen molar-refractivity contribution in [2.75, 3.05) is 26.3 Å². The maximum Gasteiger partial charge on any atom is 0.255 e. The molecule has 0 radical (unpaired) electrons. The Kier molecular flexibility index (Phi) is 8.32. The van der Waals surface area contributed by atoms with Gasteiger partial charge in [0, 0.05) is 40.5 Å². The molecule has 1 fully saturated rings. The standard InChI is InChI=1S/C30H32ClN3O6/c1-37-25-11-4-19(15-27(25)38-2)30(36)34(23-8-5-21(32)6-9-23)16-20-13-22(7-10-24(20)31)33-29(35)18-3-12-26-28(14-18)40-17-39-26/h3-4,7,10-15,21,23H,5-6,8-9,16-17,32H2,1-2H3,(H,33,35). The quantitative estimate of drug-likeness (QED) is 0.383. The van der Waals surface area contributed by atoms with Crippen molar-refractivity contribution in [2.45, 2.75) is 44.3 Å². The fourth-order valence-corrected chi connectivity index (χ4v) is 5.29. The van der Waals surface area contributed by atoms with Crippen LogP contribution in [0.4, 0.5) is 5.69 Å². The Morgan fingerprint density at radius 1 is 0.925 bits per heavy atom. The van der Waals surface area contributed by atoms with Crippen molar-refractivity contribution in [3.63, 3.8) is 0 Å². The summed E-state index contributed by atoms with van der Waals surface area (Å²) in [7, 11) is 3.09. The second kappa shape index (κ2) is 12.1.